The van der Waals surface area contributed by atoms with Crippen LogP contribution in [0, 0.1) is 31.0 Å². The Hall–Kier alpha value is -2.60. The molecule has 0 radical (unpaired) electrons. The summed E-state index contributed by atoms with van der Waals surface area (Å²) in [7, 11) is 0. The van der Waals surface area contributed by atoms with Gasteiger partial charge in [0, 0.05) is 12.1 Å². The quantitative estimate of drug-likeness (QED) is 0.421. The fourth-order valence-corrected chi connectivity index (χ4v) is 6.55. The molecule has 6 heteroatoms. The maximum Gasteiger partial charge on any atom is 0.407 e. The van der Waals surface area contributed by atoms with Crippen molar-refractivity contribution in [2.24, 2.45) is 11.3 Å². The molecule has 2 aromatic carbocycles. The zero-order valence-corrected chi connectivity index (χ0v) is 23.0. The summed E-state index contributed by atoms with van der Waals surface area (Å²) in [4.78, 5) is 15.3. The van der Waals surface area contributed by atoms with Crippen molar-refractivity contribution in [3.63, 3.8) is 0 Å². The third-order valence-electron chi connectivity index (χ3n) is 8.60. The molecule has 0 saturated carbocycles. The van der Waals surface area contributed by atoms with E-state index < -0.39 is 0 Å². The van der Waals surface area contributed by atoms with Gasteiger partial charge in [-0.05, 0) is 116 Å². The monoisotopic (exact) mass is 508 g/mol. The van der Waals surface area contributed by atoms with Gasteiger partial charge in [-0.1, -0.05) is 27.2 Å². The molecule has 1 N–H and O–H groups in total. The lowest BCUT2D eigenvalue weighted by Gasteiger charge is -2.44. The Morgan fingerprint density at radius 1 is 1.14 bits per heavy atom. The number of unbranched alkanes of at least 4 members (excludes halogenated alkanes) is 1. The second-order valence-electron chi connectivity index (χ2n) is 12.0. The number of amides is 1. The van der Waals surface area contributed by atoms with Gasteiger partial charge in [0.25, 0.3) is 0 Å². The smallest absolute Gasteiger partial charge is 0.407 e. The number of benzene rings is 2. The number of nitrogens with one attached hydrogen (secondary N) is 1. The predicted octanol–water partition coefficient (Wildman–Crippen LogP) is 6.73. The number of hydrogen-bond acceptors (Lipinski definition) is 4. The van der Waals surface area contributed by atoms with Crippen molar-refractivity contribution in [1.82, 2.24) is 10.2 Å². The molecule has 5 nitrogen and oxygen atoms in total. The van der Waals surface area contributed by atoms with Gasteiger partial charge >= 0.3 is 6.09 Å². The Balaban J connectivity index is 1.35. The summed E-state index contributed by atoms with van der Waals surface area (Å²) in [6.45, 7) is 14.2. The van der Waals surface area contributed by atoms with E-state index in [-0.39, 0.29) is 29.5 Å². The first-order valence-corrected chi connectivity index (χ1v) is 13.9. The summed E-state index contributed by atoms with van der Waals surface area (Å²) in [5.74, 6) is 1.08. The van der Waals surface area contributed by atoms with Crippen LogP contribution >= 0.6 is 0 Å². The van der Waals surface area contributed by atoms with Crippen molar-refractivity contribution in [3.8, 4) is 16.9 Å². The van der Waals surface area contributed by atoms with Gasteiger partial charge < -0.3 is 14.8 Å². The highest BCUT2D eigenvalue weighted by Gasteiger charge is 2.42. The first kappa shape index (κ1) is 26.0. The molecule has 0 aromatic heterocycles. The molecule has 0 spiro atoms. The van der Waals surface area contributed by atoms with Gasteiger partial charge in [-0.25, -0.2) is 9.18 Å². The zero-order valence-electron chi connectivity index (χ0n) is 23.0. The van der Waals surface area contributed by atoms with E-state index in [1.54, 1.807) is 6.07 Å². The molecule has 2 atom stereocenters. The number of aryl methyl sites for hydroxylation is 2. The molecular formula is C31H41FN2O3. The Kier molecular flexibility index (Phi) is 7.23. The van der Waals surface area contributed by atoms with E-state index >= 15 is 4.39 Å². The van der Waals surface area contributed by atoms with E-state index in [1.807, 2.05) is 32.0 Å². The number of fused-ring (bicyclic) bond motifs is 4. The number of hydrogen-bond donors (Lipinski definition) is 1. The normalized spacial score (nSPS) is 25.6. The molecule has 1 amide bonds. The molecule has 200 valence electrons. The lowest BCUT2D eigenvalue weighted by atomic mass is 9.85. The Bertz CT molecular complexity index is 1150. The summed E-state index contributed by atoms with van der Waals surface area (Å²) < 4.78 is 27.5. The maximum absolute atomic E-state index is 15.6. The van der Waals surface area contributed by atoms with E-state index in [0.717, 1.165) is 85.3 Å². The molecule has 2 aromatic rings. The molecule has 2 bridgehead atoms. The standard InChI is InChI=1S/C31H41FN2O3/c1-6-7-12-36-28-19(2)13-22(14-20(28)3)24-15-23-17-31(4,5)29(25(23)16-26(24)32)33-30(35)37-27-18-34-10-8-21(27)9-11-34/h13-16,21,27,29H,6-12,17-18H2,1-5H3,(H,33,35)/t27-,29?/m0/s1. The molecule has 1 unspecified atom stereocenters. The van der Waals surface area contributed by atoms with Gasteiger partial charge in [-0.3, -0.25) is 4.90 Å². The second-order valence-corrected chi connectivity index (χ2v) is 12.0. The number of carbonyl (C=O) groups is 1. The second kappa shape index (κ2) is 10.3. The minimum Gasteiger partial charge on any atom is -0.493 e. The Morgan fingerprint density at radius 2 is 1.84 bits per heavy atom. The summed E-state index contributed by atoms with van der Waals surface area (Å²) in [6.07, 6.45) is 4.60. The molecule has 3 fully saturated rings. The summed E-state index contributed by atoms with van der Waals surface area (Å²) in [5.41, 5.74) is 5.16. The molecule has 37 heavy (non-hydrogen) atoms. The van der Waals surface area contributed by atoms with Crippen molar-refractivity contribution in [2.45, 2.75) is 78.9 Å². The van der Waals surface area contributed by atoms with E-state index in [0.29, 0.717) is 18.1 Å². The van der Waals surface area contributed by atoms with Gasteiger partial charge in [0.05, 0.1) is 12.6 Å². The number of alkyl carbamates (subject to hydrolysis) is 1. The number of carbonyl (C=O) groups excluding carboxylic acids is 1. The number of nitrogens with zero attached hydrogens (tertiary/aromatic N) is 1. The largest absolute Gasteiger partial charge is 0.493 e. The van der Waals surface area contributed by atoms with Crippen LogP contribution in [0.2, 0.25) is 0 Å². The maximum atomic E-state index is 15.6. The number of halogens is 1. The average Bonchev–Trinajstić information content (AvgIpc) is 3.09. The average molecular weight is 509 g/mol. The minimum atomic E-state index is -0.390. The molecule has 3 heterocycles. The topological polar surface area (TPSA) is 50.8 Å². The molecular weight excluding hydrogens is 467 g/mol. The van der Waals surface area contributed by atoms with Gasteiger partial charge in [-0.15, -0.1) is 0 Å². The van der Waals surface area contributed by atoms with E-state index in [9.17, 15) is 4.79 Å². The third kappa shape index (κ3) is 5.22. The molecule has 4 aliphatic rings. The predicted molar refractivity (Wildman–Crippen MR) is 145 cm³/mol. The van der Waals surface area contributed by atoms with Crippen LogP contribution in [-0.2, 0) is 11.2 Å². The molecule has 3 saturated heterocycles. The number of ether oxygens (including phenoxy) is 2. The number of rotatable bonds is 7. The lowest BCUT2D eigenvalue weighted by Crippen LogP contribution is -2.53. The van der Waals surface area contributed by atoms with Crippen LogP contribution in [0.15, 0.2) is 24.3 Å². The van der Waals surface area contributed by atoms with Crippen LogP contribution in [0.3, 0.4) is 0 Å². The first-order valence-electron chi connectivity index (χ1n) is 13.9. The van der Waals surface area contributed by atoms with E-state index in [4.69, 9.17) is 9.47 Å². The fraction of sp³-hybridized carbons (Fsp3) is 0.581. The van der Waals surface area contributed by atoms with Crippen LogP contribution in [0.4, 0.5) is 9.18 Å². The highest BCUT2D eigenvalue weighted by molar-refractivity contribution is 5.72. The van der Waals surface area contributed by atoms with Crippen molar-refractivity contribution >= 4 is 6.09 Å². The molecule has 6 rings (SSSR count). The van der Waals surface area contributed by atoms with Gasteiger partial charge in [0.15, 0.2) is 0 Å². The van der Waals surface area contributed by atoms with Crippen LogP contribution in [0.5, 0.6) is 5.75 Å². The lowest BCUT2D eigenvalue weighted by molar-refractivity contribution is -0.0349. The highest BCUT2D eigenvalue weighted by Crippen LogP contribution is 2.47. The molecule has 1 aliphatic carbocycles. The highest BCUT2D eigenvalue weighted by atomic mass is 19.1. The van der Waals surface area contributed by atoms with E-state index in [2.05, 4.69) is 31.0 Å². The van der Waals surface area contributed by atoms with Crippen molar-refractivity contribution in [1.29, 1.82) is 0 Å². The fourth-order valence-electron chi connectivity index (χ4n) is 6.55. The first-order chi connectivity index (χ1) is 17.7. The van der Waals surface area contributed by atoms with Crippen LogP contribution in [-0.4, -0.2) is 43.3 Å². The summed E-state index contributed by atoms with van der Waals surface area (Å²) in [5, 5.41) is 3.11. The van der Waals surface area contributed by atoms with Crippen molar-refractivity contribution in [3.05, 3.63) is 52.3 Å². The van der Waals surface area contributed by atoms with Crippen LogP contribution in [0.25, 0.3) is 11.1 Å². The van der Waals surface area contributed by atoms with Gasteiger partial charge in [0.2, 0.25) is 0 Å². The van der Waals surface area contributed by atoms with Crippen molar-refractivity contribution < 1.29 is 18.7 Å². The summed E-state index contributed by atoms with van der Waals surface area (Å²) in [6, 6.07) is 7.32. The third-order valence-corrected chi connectivity index (χ3v) is 8.60. The van der Waals surface area contributed by atoms with E-state index in [1.165, 1.54) is 0 Å². The SMILES string of the molecule is CCCCOc1c(C)cc(-c2cc3c(cc2F)C(NC(=O)O[C@H]2CN4CCC2CC4)C(C)(C)C3)cc1C. The number of piperidine rings is 3. The van der Waals surface area contributed by atoms with Gasteiger partial charge in [0.1, 0.15) is 17.7 Å². The van der Waals surface area contributed by atoms with Crippen molar-refractivity contribution in [2.75, 3.05) is 26.2 Å². The summed E-state index contributed by atoms with van der Waals surface area (Å²) >= 11 is 0. The molecule has 3 aliphatic heterocycles. The van der Waals surface area contributed by atoms with Crippen LogP contribution < -0.4 is 10.1 Å². The van der Waals surface area contributed by atoms with Crippen LogP contribution in [0.1, 0.15) is 74.8 Å². The van der Waals surface area contributed by atoms with Gasteiger partial charge in [-0.2, -0.15) is 0 Å². The Morgan fingerprint density at radius 3 is 2.46 bits per heavy atom. The minimum absolute atomic E-state index is 0.0500. The Labute approximate surface area is 220 Å². The zero-order chi connectivity index (χ0) is 26.3.